The molecule has 0 radical (unpaired) electrons. The fraction of sp³-hybridized carbons (Fsp3) is 0.222. The highest BCUT2D eigenvalue weighted by atomic mass is 19.4. The van der Waals surface area contributed by atoms with E-state index in [2.05, 4.69) is 5.32 Å². The van der Waals surface area contributed by atoms with Crippen molar-refractivity contribution < 1.29 is 37.3 Å². The average Bonchev–Trinajstić information content (AvgIpc) is 2.61. The Hall–Kier alpha value is -3.23. The van der Waals surface area contributed by atoms with E-state index in [1.807, 2.05) is 0 Å². The molecular formula is C18H14F3NO5. The molecule has 0 saturated carbocycles. The first-order chi connectivity index (χ1) is 12.7. The first-order valence-electron chi connectivity index (χ1n) is 7.78. The van der Waals surface area contributed by atoms with Crippen LogP contribution in [0.5, 0.6) is 11.5 Å². The minimum Gasteiger partial charge on any atom is -0.497 e. The molecule has 2 aromatic rings. The molecule has 27 heavy (non-hydrogen) atoms. The van der Waals surface area contributed by atoms with Gasteiger partial charge in [0.25, 0.3) is 5.91 Å². The molecule has 0 aromatic heterocycles. The van der Waals surface area contributed by atoms with Crippen LogP contribution in [0.2, 0.25) is 0 Å². The van der Waals surface area contributed by atoms with E-state index in [1.165, 1.54) is 7.11 Å². The molecule has 0 fully saturated rings. The van der Waals surface area contributed by atoms with Crippen LogP contribution in [0.15, 0.2) is 36.4 Å². The number of methoxy groups -OCH3 is 1. The van der Waals surface area contributed by atoms with Crippen LogP contribution in [-0.2, 0) is 17.4 Å². The molecule has 0 spiro atoms. The molecule has 3 rings (SSSR count). The number of halogens is 3. The summed E-state index contributed by atoms with van der Waals surface area (Å²) >= 11 is 0. The van der Waals surface area contributed by atoms with Gasteiger partial charge in [-0.2, -0.15) is 13.2 Å². The summed E-state index contributed by atoms with van der Waals surface area (Å²) in [5.41, 5.74) is -1.69. The van der Waals surface area contributed by atoms with Gasteiger partial charge in [-0.25, -0.2) is 4.79 Å². The number of nitrogens with one attached hydrogen (secondary N) is 1. The van der Waals surface area contributed by atoms with Crippen molar-refractivity contribution in [1.29, 1.82) is 0 Å². The molecule has 1 aliphatic rings. The minimum absolute atomic E-state index is 0.114. The second kappa shape index (κ2) is 6.82. The second-order valence-corrected chi connectivity index (χ2v) is 5.84. The molecular weight excluding hydrogens is 367 g/mol. The highest BCUT2D eigenvalue weighted by Crippen LogP contribution is 2.40. The molecule has 0 bridgehead atoms. The smallest absolute Gasteiger partial charge is 0.417 e. The summed E-state index contributed by atoms with van der Waals surface area (Å²) in [5.74, 6) is -1.94. The van der Waals surface area contributed by atoms with Gasteiger partial charge in [-0.05, 0) is 29.8 Å². The molecule has 1 atom stereocenters. The van der Waals surface area contributed by atoms with Crippen molar-refractivity contribution in [3.63, 3.8) is 0 Å². The summed E-state index contributed by atoms with van der Waals surface area (Å²) < 4.78 is 49.9. The summed E-state index contributed by atoms with van der Waals surface area (Å²) in [7, 11) is 1.51. The fourth-order valence-electron chi connectivity index (χ4n) is 2.72. The SMILES string of the molecule is COc1ccc(C[C@@H]2Oc3cc(C(F)(F)F)c(C(=O)O)cc3NC2=O)cc1. The zero-order valence-electron chi connectivity index (χ0n) is 14.0. The number of carboxylic acid groups (broad SMARTS) is 1. The molecule has 0 aliphatic carbocycles. The Morgan fingerprint density at radius 1 is 1.26 bits per heavy atom. The van der Waals surface area contributed by atoms with Crippen LogP contribution >= 0.6 is 0 Å². The van der Waals surface area contributed by atoms with Crippen molar-refractivity contribution in [2.45, 2.75) is 18.7 Å². The van der Waals surface area contributed by atoms with E-state index < -0.39 is 35.3 Å². The number of ether oxygens (including phenoxy) is 2. The predicted octanol–water partition coefficient (Wildman–Crippen LogP) is 3.35. The van der Waals surface area contributed by atoms with E-state index in [0.29, 0.717) is 11.8 Å². The van der Waals surface area contributed by atoms with Crippen LogP contribution in [0.1, 0.15) is 21.5 Å². The molecule has 1 amide bonds. The lowest BCUT2D eigenvalue weighted by Gasteiger charge is -2.27. The standard InChI is InChI=1S/C18H14F3NO5/c1-26-10-4-2-9(3-5-10)6-15-16(23)22-13-7-11(17(24)25)12(18(19,20)21)8-14(13)27-15/h2-5,7-8,15H,6H2,1H3,(H,22,23)(H,24,25)/t15-/m0/s1. The van der Waals surface area contributed by atoms with Crippen molar-refractivity contribution in [2.24, 2.45) is 0 Å². The average molecular weight is 381 g/mol. The van der Waals surface area contributed by atoms with E-state index in [0.717, 1.165) is 11.6 Å². The molecule has 2 aromatic carbocycles. The molecule has 1 aliphatic heterocycles. The molecule has 0 unspecified atom stereocenters. The van der Waals surface area contributed by atoms with Crippen molar-refractivity contribution in [1.82, 2.24) is 0 Å². The molecule has 6 nitrogen and oxygen atoms in total. The third-order valence-electron chi connectivity index (χ3n) is 4.06. The Labute approximate surface area is 151 Å². The number of fused-ring (bicyclic) bond motifs is 1. The van der Waals surface area contributed by atoms with Gasteiger partial charge in [0.2, 0.25) is 0 Å². The first kappa shape index (κ1) is 18.6. The number of carbonyl (C=O) groups is 2. The van der Waals surface area contributed by atoms with Crippen LogP contribution in [-0.4, -0.2) is 30.2 Å². The predicted molar refractivity (Wildman–Crippen MR) is 88.1 cm³/mol. The first-order valence-corrected chi connectivity index (χ1v) is 7.78. The van der Waals surface area contributed by atoms with E-state index in [-0.39, 0.29) is 17.9 Å². The number of aromatic carboxylic acids is 1. The van der Waals surface area contributed by atoms with Crippen LogP contribution in [0.4, 0.5) is 18.9 Å². The number of carboxylic acids is 1. The number of carbonyl (C=O) groups excluding carboxylic acids is 1. The van der Waals surface area contributed by atoms with Gasteiger partial charge in [0.05, 0.1) is 23.9 Å². The van der Waals surface area contributed by atoms with Gasteiger partial charge in [-0.1, -0.05) is 12.1 Å². The second-order valence-electron chi connectivity index (χ2n) is 5.84. The van der Waals surface area contributed by atoms with E-state index in [9.17, 15) is 22.8 Å². The highest BCUT2D eigenvalue weighted by molar-refractivity contribution is 6.00. The summed E-state index contributed by atoms with van der Waals surface area (Å²) in [6.07, 6.45) is -5.81. The highest BCUT2D eigenvalue weighted by Gasteiger charge is 2.38. The van der Waals surface area contributed by atoms with E-state index in [1.54, 1.807) is 24.3 Å². The fourth-order valence-corrected chi connectivity index (χ4v) is 2.72. The maximum absolute atomic E-state index is 13.2. The van der Waals surface area contributed by atoms with Gasteiger partial charge in [-0.3, -0.25) is 4.79 Å². The Morgan fingerprint density at radius 3 is 2.48 bits per heavy atom. The quantitative estimate of drug-likeness (QED) is 0.849. The molecule has 1 heterocycles. The summed E-state index contributed by atoms with van der Waals surface area (Å²) in [6, 6.07) is 8.14. The van der Waals surface area contributed by atoms with Crippen molar-refractivity contribution in [2.75, 3.05) is 12.4 Å². The third-order valence-corrected chi connectivity index (χ3v) is 4.06. The molecule has 142 valence electrons. The van der Waals surface area contributed by atoms with Gasteiger partial charge >= 0.3 is 12.1 Å². The maximum Gasteiger partial charge on any atom is 0.417 e. The van der Waals surface area contributed by atoms with Gasteiger partial charge in [0, 0.05) is 6.42 Å². The van der Waals surface area contributed by atoms with Gasteiger partial charge in [-0.15, -0.1) is 0 Å². The maximum atomic E-state index is 13.2. The number of hydrogen-bond donors (Lipinski definition) is 2. The number of rotatable bonds is 4. The zero-order chi connectivity index (χ0) is 19.8. The number of benzene rings is 2. The number of amides is 1. The molecule has 2 N–H and O–H groups in total. The van der Waals surface area contributed by atoms with Crippen molar-refractivity contribution >= 4 is 17.6 Å². The Bertz CT molecular complexity index is 893. The summed E-state index contributed by atoms with van der Waals surface area (Å²) in [6.45, 7) is 0. The monoisotopic (exact) mass is 381 g/mol. The van der Waals surface area contributed by atoms with Gasteiger partial charge in [0.15, 0.2) is 6.10 Å². The van der Waals surface area contributed by atoms with E-state index in [4.69, 9.17) is 14.6 Å². The Balaban J connectivity index is 1.91. The molecule has 0 saturated heterocycles. The van der Waals surface area contributed by atoms with Crippen molar-refractivity contribution in [3.8, 4) is 11.5 Å². The lowest BCUT2D eigenvalue weighted by atomic mass is 10.0. The number of hydrogen-bond acceptors (Lipinski definition) is 4. The zero-order valence-corrected chi connectivity index (χ0v) is 14.0. The van der Waals surface area contributed by atoms with Gasteiger partial charge in [0.1, 0.15) is 11.5 Å². The molecule has 9 heteroatoms. The normalized spacial score (nSPS) is 16.1. The lowest BCUT2D eigenvalue weighted by molar-refractivity contribution is -0.138. The van der Waals surface area contributed by atoms with E-state index >= 15 is 0 Å². The van der Waals surface area contributed by atoms with Crippen LogP contribution in [0.3, 0.4) is 0 Å². The van der Waals surface area contributed by atoms with Crippen LogP contribution in [0, 0.1) is 0 Å². The van der Waals surface area contributed by atoms with Crippen LogP contribution < -0.4 is 14.8 Å². The summed E-state index contributed by atoms with van der Waals surface area (Å²) in [5, 5.41) is 11.4. The Kier molecular flexibility index (Phi) is 4.69. The Morgan fingerprint density at radius 2 is 1.93 bits per heavy atom. The minimum atomic E-state index is -4.88. The van der Waals surface area contributed by atoms with Crippen molar-refractivity contribution in [3.05, 3.63) is 53.1 Å². The topological polar surface area (TPSA) is 84.9 Å². The van der Waals surface area contributed by atoms with Gasteiger partial charge < -0.3 is 19.9 Å². The number of alkyl halides is 3. The summed E-state index contributed by atoms with van der Waals surface area (Å²) in [4.78, 5) is 23.3. The lowest BCUT2D eigenvalue weighted by Crippen LogP contribution is -2.38. The third kappa shape index (κ3) is 3.81. The van der Waals surface area contributed by atoms with Crippen LogP contribution in [0.25, 0.3) is 0 Å². The number of anilines is 1. The largest absolute Gasteiger partial charge is 0.497 e.